The van der Waals surface area contributed by atoms with E-state index in [1.807, 2.05) is 0 Å². The van der Waals surface area contributed by atoms with E-state index in [0.717, 1.165) is 13.0 Å². The van der Waals surface area contributed by atoms with E-state index < -0.39 is 0 Å². The van der Waals surface area contributed by atoms with Crippen LogP contribution in [0.2, 0.25) is 0 Å². The van der Waals surface area contributed by atoms with E-state index in [4.69, 9.17) is 5.84 Å². The number of hydrazine groups is 1. The van der Waals surface area contributed by atoms with Gasteiger partial charge in [-0.2, -0.15) is 0 Å². The van der Waals surface area contributed by atoms with Crippen LogP contribution >= 0.6 is 0 Å². The molecule has 8 heavy (non-hydrogen) atoms. The maximum Gasteiger partial charge on any atom is 0.0964 e. The molecule has 0 spiro atoms. The van der Waals surface area contributed by atoms with Crippen molar-refractivity contribution in [1.82, 2.24) is 5.43 Å². The molecule has 0 aromatic rings. The second-order valence-corrected chi connectivity index (χ2v) is 1.56. The molecule has 0 saturated carbocycles. The Bertz CT molecular complexity index is 60.7. The van der Waals surface area contributed by atoms with Gasteiger partial charge in [0.25, 0.3) is 0 Å². The first-order chi connectivity index (χ1) is 3.91. The Balaban J connectivity index is 2.80. The summed E-state index contributed by atoms with van der Waals surface area (Å²) in [5.74, 6) is 4.91. The molecule has 0 bridgehead atoms. The second kappa shape index (κ2) is 6.43. The van der Waals surface area contributed by atoms with Crippen molar-refractivity contribution in [3.8, 4) is 0 Å². The molecule has 3 heteroatoms. The van der Waals surface area contributed by atoms with Gasteiger partial charge >= 0.3 is 0 Å². The largest absolute Gasteiger partial charge is 0.315 e. The van der Waals surface area contributed by atoms with Crippen LogP contribution in [-0.2, 0) is 0 Å². The van der Waals surface area contributed by atoms with Gasteiger partial charge < -0.3 is 5.43 Å². The predicted molar refractivity (Wildman–Crippen MR) is 35.6 cm³/mol. The maximum absolute atomic E-state index is 4.91. The number of hydrogen-bond acceptors (Lipinski definition) is 2. The lowest BCUT2D eigenvalue weighted by molar-refractivity contribution is 0.805. The minimum absolute atomic E-state index is 0.876. The molecule has 0 aromatic heterocycles. The van der Waals surface area contributed by atoms with E-state index >= 15 is 0 Å². The molecule has 0 rings (SSSR count). The molecule has 0 atom stereocenters. The van der Waals surface area contributed by atoms with E-state index in [9.17, 15) is 0 Å². The fourth-order valence-corrected chi connectivity index (χ4v) is 0.367. The maximum atomic E-state index is 4.91. The Morgan fingerprint density at radius 3 is 3.00 bits per heavy atom. The zero-order valence-corrected chi connectivity index (χ0v) is 5.22. The summed E-state index contributed by atoms with van der Waals surface area (Å²) in [4.78, 5) is 3.92. The van der Waals surface area contributed by atoms with Crippen molar-refractivity contribution in [3.63, 3.8) is 0 Å². The summed E-state index contributed by atoms with van der Waals surface area (Å²) in [5, 5.41) is 0. The fourth-order valence-electron chi connectivity index (χ4n) is 0.367. The van der Waals surface area contributed by atoms with Gasteiger partial charge in [-0.3, -0.25) is 4.99 Å². The Kier molecular flexibility index (Phi) is 5.97. The summed E-state index contributed by atoms with van der Waals surface area (Å²) >= 11 is 0. The van der Waals surface area contributed by atoms with Gasteiger partial charge in [0, 0.05) is 6.54 Å². The highest BCUT2D eigenvalue weighted by molar-refractivity contribution is 5.52. The van der Waals surface area contributed by atoms with Gasteiger partial charge in [-0.05, 0) is 6.42 Å². The van der Waals surface area contributed by atoms with Crippen molar-refractivity contribution < 1.29 is 0 Å². The van der Waals surface area contributed by atoms with Crippen LogP contribution < -0.4 is 11.3 Å². The SMILES string of the molecule is CCCCN=CNN. The van der Waals surface area contributed by atoms with Crippen LogP contribution in [0.5, 0.6) is 0 Å². The van der Waals surface area contributed by atoms with Gasteiger partial charge in [0.15, 0.2) is 0 Å². The molecule has 0 aliphatic carbocycles. The van der Waals surface area contributed by atoms with Crippen molar-refractivity contribution in [2.45, 2.75) is 19.8 Å². The highest BCUT2D eigenvalue weighted by Gasteiger charge is 1.74. The molecule has 0 aromatic carbocycles. The number of rotatable bonds is 4. The zero-order valence-electron chi connectivity index (χ0n) is 5.22. The molecule has 48 valence electrons. The van der Waals surface area contributed by atoms with Crippen LogP contribution in [0.4, 0.5) is 0 Å². The number of nitrogens with zero attached hydrogens (tertiary/aromatic N) is 1. The molecule has 0 amide bonds. The smallest absolute Gasteiger partial charge is 0.0964 e. The van der Waals surface area contributed by atoms with Gasteiger partial charge in [0.05, 0.1) is 6.34 Å². The van der Waals surface area contributed by atoms with Gasteiger partial charge in [0.2, 0.25) is 0 Å². The van der Waals surface area contributed by atoms with Crippen LogP contribution in [0.15, 0.2) is 4.99 Å². The second-order valence-electron chi connectivity index (χ2n) is 1.56. The summed E-state index contributed by atoms with van der Waals surface area (Å²) in [7, 11) is 0. The highest BCUT2D eigenvalue weighted by Crippen LogP contribution is 1.83. The van der Waals surface area contributed by atoms with E-state index in [1.165, 1.54) is 12.8 Å². The van der Waals surface area contributed by atoms with Crippen molar-refractivity contribution in [3.05, 3.63) is 0 Å². The predicted octanol–water partition coefficient (Wildman–Crippen LogP) is 0.278. The molecule has 3 N–H and O–H groups in total. The summed E-state index contributed by atoms with van der Waals surface area (Å²) in [6.07, 6.45) is 3.83. The third-order valence-corrected chi connectivity index (χ3v) is 0.807. The number of unbranched alkanes of at least 4 members (excludes halogenated alkanes) is 1. The van der Waals surface area contributed by atoms with Gasteiger partial charge in [-0.25, -0.2) is 5.84 Å². The highest BCUT2D eigenvalue weighted by atomic mass is 15.2. The summed E-state index contributed by atoms with van der Waals surface area (Å²) in [6, 6.07) is 0. The molecule has 0 radical (unpaired) electrons. The lowest BCUT2D eigenvalue weighted by Crippen LogP contribution is -2.19. The first-order valence-corrected chi connectivity index (χ1v) is 2.86. The van der Waals surface area contributed by atoms with Crippen LogP contribution in [0.3, 0.4) is 0 Å². The Labute approximate surface area is 50.0 Å². The molecule has 0 saturated heterocycles. The summed E-state index contributed by atoms with van der Waals surface area (Å²) in [5.41, 5.74) is 2.33. The van der Waals surface area contributed by atoms with E-state index in [2.05, 4.69) is 17.3 Å². The third kappa shape index (κ3) is 5.43. The van der Waals surface area contributed by atoms with Gasteiger partial charge in [0.1, 0.15) is 0 Å². The monoisotopic (exact) mass is 115 g/mol. The molecular weight excluding hydrogens is 102 g/mol. The molecule has 0 aliphatic heterocycles. The molecular formula is C5H13N3. The van der Waals surface area contributed by atoms with Crippen molar-refractivity contribution >= 4 is 6.34 Å². The van der Waals surface area contributed by atoms with Gasteiger partial charge in [-0.1, -0.05) is 13.3 Å². The normalized spacial score (nSPS) is 10.2. The average Bonchev–Trinajstić information content (AvgIpc) is 1.81. The van der Waals surface area contributed by atoms with E-state index in [-0.39, 0.29) is 0 Å². The number of nitrogens with two attached hydrogens (primary N) is 1. The van der Waals surface area contributed by atoms with Crippen LogP contribution in [-0.4, -0.2) is 12.9 Å². The fraction of sp³-hybridized carbons (Fsp3) is 0.800. The number of nitrogens with one attached hydrogen (secondary N) is 1. The standard InChI is InChI=1S/C5H13N3/c1-2-3-4-7-5-8-6/h5H,2-4,6H2,1H3,(H,7,8). The lowest BCUT2D eigenvalue weighted by Gasteiger charge is -1.87. The molecule has 0 unspecified atom stereocenters. The molecule has 3 nitrogen and oxygen atoms in total. The molecule has 0 aliphatic rings. The minimum atomic E-state index is 0.876. The zero-order chi connectivity index (χ0) is 6.24. The van der Waals surface area contributed by atoms with E-state index in [1.54, 1.807) is 0 Å². The molecule has 0 heterocycles. The number of aliphatic imine (C=N–C) groups is 1. The first kappa shape index (κ1) is 7.43. The van der Waals surface area contributed by atoms with Crippen molar-refractivity contribution in [2.24, 2.45) is 10.8 Å². The van der Waals surface area contributed by atoms with Crippen molar-refractivity contribution in [2.75, 3.05) is 6.54 Å². The van der Waals surface area contributed by atoms with E-state index in [0.29, 0.717) is 0 Å². The van der Waals surface area contributed by atoms with Crippen molar-refractivity contribution in [1.29, 1.82) is 0 Å². The summed E-state index contributed by atoms with van der Waals surface area (Å²) in [6.45, 7) is 3.01. The van der Waals surface area contributed by atoms with Gasteiger partial charge in [-0.15, -0.1) is 0 Å². The Hall–Kier alpha value is -0.570. The minimum Gasteiger partial charge on any atom is -0.315 e. The van der Waals surface area contributed by atoms with Crippen LogP contribution in [0.1, 0.15) is 19.8 Å². The summed E-state index contributed by atoms with van der Waals surface area (Å²) < 4.78 is 0. The first-order valence-electron chi connectivity index (χ1n) is 2.86. The van der Waals surface area contributed by atoms with Crippen LogP contribution in [0, 0.1) is 0 Å². The quantitative estimate of drug-likeness (QED) is 0.182. The average molecular weight is 115 g/mol. The Morgan fingerprint density at radius 2 is 2.50 bits per heavy atom. The lowest BCUT2D eigenvalue weighted by atomic mass is 10.3. The number of hydrogen-bond donors (Lipinski definition) is 2. The topological polar surface area (TPSA) is 50.4 Å². The third-order valence-electron chi connectivity index (χ3n) is 0.807. The molecule has 0 fully saturated rings. The van der Waals surface area contributed by atoms with Crippen LogP contribution in [0.25, 0.3) is 0 Å². The Morgan fingerprint density at radius 1 is 1.75 bits per heavy atom.